The van der Waals surface area contributed by atoms with Crippen molar-refractivity contribution in [2.24, 2.45) is 5.73 Å². The first kappa shape index (κ1) is 12.2. The van der Waals surface area contributed by atoms with E-state index in [1.165, 1.54) is 7.11 Å². The first-order chi connectivity index (χ1) is 7.11. The van der Waals surface area contributed by atoms with Crippen molar-refractivity contribution in [1.29, 1.82) is 0 Å². The van der Waals surface area contributed by atoms with Gasteiger partial charge in [-0.15, -0.1) is 0 Å². The zero-order valence-electron chi connectivity index (χ0n) is 8.68. The number of halogens is 2. The second-order valence-corrected chi connectivity index (χ2v) is 3.87. The van der Waals surface area contributed by atoms with Crippen LogP contribution in [0.2, 0.25) is 0 Å². The van der Waals surface area contributed by atoms with Crippen LogP contribution in [-0.2, 0) is 0 Å². The number of methoxy groups -OCH3 is 1. The van der Waals surface area contributed by atoms with Crippen molar-refractivity contribution < 1.29 is 9.13 Å². The van der Waals surface area contributed by atoms with Crippen LogP contribution in [-0.4, -0.2) is 13.7 Å². The summed E-state index contributed by atoms with van der Waals surface area (Å²) in [6, 6.07) is 1.74. The first-order valence-electron chi connectivity index (χ1n) is 4.51. The minimum absolute atomic E-state index is 0.228. The summed E-state index contributed by atoms with van der Waals surface area (Å²) >= 11 is 3.28. The predicted octanol–water partition coefficient (Wildman–Crippen LogP) is 2.88. The highest BCUT2D eigenvalue weighted by Crippen LogP contribution is 2.33. The third-order valence-corrected chi connectivity index (χ3v) is 2.99. The summed E-state index contributed by atoms with van der Waals surface area (Å²) < 4.78 is 19.4. The molecule has 15 heavy (non-hydrogen) atoms. The maximum absolute atomic E-state index is 13.8. The highest BCUT2D eigenvalue weighted by atomic mass is 79.9. The van der Waals surface area contributed by atoms with E-state index in [0.29, 0.717) is 16.6 Å². The number of nitrogens with two attached hydrogens (primary N) is 1. The van der Waals surface area contributed by atoms with E-state index in [-0.39, 0.29) is 11.6 Å². The van der Waals surface area contributed by atoms with Crippen LogP contribution < -0.4 is 10.5 Å². The molecule has 0 aliphatic rings. The standard InChI is InChI=1S/C11H13BrFNO/c1-7-6-8(4-3-5-14)10(13)11(15-2)9(7)12/h3-4,6H,5,14H2,1-2H3/b4-3+. The van der Waals surface area contributed by atoms with Gasteiger partial charge in [0.1, 0.15) is 0 Å². The molecule has 0 atom stereocenters. The van der Waals surface area contributed by atoms with Gasteiger partial charge < -0.3 is 10.5 Å². The molecule has 0 bridgehead atoms. The lowest BCUT2D eigenvalue weighted by Crippen LogP contribution is -1.96. The minimum Gasteiger partial charge on any atom is -0.492 e. The third-order valence-electron chi connectivity index (χ3n) is 2.01. The highest BCUT2D eigenvalue weighted by molar-refractivity contribution is 9.10. The fourth-order valence-electron chi connectivity index (χ4n) is 1.26. The molecule has 0 saturated heterocycles. The van der Waals surface area contributed by atoms with E-state index in [9.17, 15) is 4.39 Å². The molecule has 1 aromatic carbocycles. The molecule has 0 aliphatic heterocycles. The van der Waals surface area contributed by atoms with Gasteiger partial charge in [0.15, 0.2) is 11.6 Å². The van der Waals surface area contributed by atoms with Gasteiger partial charge in [-0.05, 0) is 34.5 Å². The van der Waals surface area contributed by atoms with Crippen molar-refractivity contribution in [2.75, 3.05) is 13.7 Å². The largest absolute Gasteiger partial charge is 0.492 e. The fraction of sp³-hybridized carbons (Fsp3) is 0.273. The Morgan fingerprint density at radius 3 is 2.80 bits per heavy atom. The molecule has 0 heterocycles. The summed E-state index contributed by atoms with van der Waals surface area (Å²) in [4.78, 5) is 0. The van der Waals surface area contributed by atoms with E-state index < -0.39 is 0 Å². The van der Waals surface area contributed by atoms with Crippen LogP contribution in [0.4, 0.5) is 4.39 Å². The van der Waals surface area contributed by atoms with Crippen LogP contribution in [0.5, 0.6) is 5.75 Å². The van der Waals surface area contributed by atoms with Crippen molar-refractivity contribution in [3.05, 3.63) is 33.6 Å². The normalized spacial score (nSPS) is 11.0. The number of rotatable bonds is 3. The zero-order chi connectivity index (χ0) is 11.4. The molecule has 2 nitrogen and oxygen atoms in total. The molecular weight excluding hydrogens is 261 g/mol. The Balaban J connectivity index is 3.30. The zero-order valence-corrected chi connectivity index (χ0v) is 10.3. The molecule has 1 aromatic rings. The van der Waals surface area contributed by atoms with Crippen LogP contribution >= 0.6 is 15.9 Å². The average molecular weight is 274 g/mol. The summed E-state index contributed by atoms with van der Waals surface area (Å²) in [6.07, 6.45) is 3.35. The molecule has 82 valence electrons. The van der Waals surface area contributed by atoms with Crippen molar-refractivity contribution in [1.82, 2.24) is 0 Å². The topological polar surface area (TPSA) is 35.2 Å². The molecular formula is C11H13BrFNO. The van der Waals surface area contributed by atoms with Gasteiger partial charge in [-0.3, -0.25) is 0 Å². The third kappa shape index (κ3) is 2.58. The molecule has 0 saturated carbocycles. The van der Waals surface area contributed by atoms with Crippen molar-refractivity contribution in [3.63, 3.8) is 0 Å². The number of ether oxygens (including phenoxy) is 1. The van der Waals surface area contributed by atoms with Crippen molar-refractivity contribution >= 4 is 22.0 Å². The number of aryl methyl sites for hydroxylation is 1. The van der Waals surface area contributed by atoms with E-state index >= 15 is 0 Å². The summed E-state index contributed by atoms with van der Waals surface area (Å²) in [6.45, 7) is 2.27. The van der Waals surface area contributed by atoms with Gasteiger partial charge >= 0.3 is 0 Å². The molecule has 0 aromatic heterocycles. The monoisotopic (exact) mass is 273 g/mol. The van der Waals surface area contributed by atoms with Crippen LogP contribution in [0.1, 0.15) is 11.1 Å². The lowest BCUT2D eigenvalue weighted by molar-refractivity contribution is 0.383. The fourth-order valence-corrected chi connectivity index (χ4v) is 1.71. The second-order valence-electron chi connectivity index (χ2n) is 3.08. The summed E-state index contributed by atoms with van der Waals surface area (Å²) in [5, 5.41) is 0. The summed E-state index contributed by atoms with van der Waals surface area (Å²) in [5.74, 6) is -0.147. The first-order valence-corrected chi connectivity index (χ1v) is 5.30. The Morgan fingerprint density at radius 1 is 1.60 bits per heavy atom. The molecule has 0 unspecified atom stereocenters. The molecule has 0 fully saturated rings. The van der Waals surface area contributed by atoms with Gasteiger partial charge in [-0.1, -0.05) is 12.2 Å². The average Bonchev–Trinajstić information content (AvgIpc) is 2.22. The molecule has 0 aliphatic carbocycles. The lowest BCUT2D eigenvalue weighted by atomic mass is 10.1. The SMILES string of the molecule is COc1c(F)c(/C=C/CN)cc(C)c1Br. The van der Waals surface area contributed by atoms with E-state index in [4.69, 9.17) is 10.5 Å². The Kier molecular flexibility index (Phi) is 4.29. The molecule has 0 radical (unpaired) electrons. The Morgan fingerprint density at radius 2 is 2.27 bits per heavy atom. The molecule has 0 amide bonds. The Hall–Kier alpha value is -0.870. The van der Waals surface area contributed by atoms with Crippen LogP contribution in [0, 0.1) is 12.7 Å². The quantitative estimate of drug-likeness (QED) is 0.919. The molecule has 1 rings (SSSR count). The van der Waals surface area contributed by atoms with Crippen LogP contribution in [0.25, 0.3) is 6.08 Å². The number of benzene rings is 1. The van der Waals surface area contributed by atoms with Gasteiger partial charge in [0.2, 0.25) is 0 Å². The van der Waals surface area contributed by atoms with Gasteiger partial charge in [-0.25, -0.2) is 4.39 Å². The second kappa shape index (κ2) is 5.28. The number of hydrogen-bond acceptors (Lipinski definition) is 2. The Bertz CT molecular complexity index is 391. The van der Waals surface area contributed by atoms with Gasteiger partial charge in [0.25, 0.3) is 0 Å². The van der Waals surface area contributed by atoms with Gasteiger partial charge in [0.05, 0.1) is 11.6 Å². The maximum atomic E-state index is 13.8. The smallest absolute Gasteiger partial charge is 0.173 e. The molecule has 4 heteroatoms. The lowest BCUT2D eigenvalue weighted by Gasteiger charge is -2.09. The van der Waals surface area contributed by atoms with E-state index in [1.54, 1.807) is 18.2 Å². The maximum Gasteiger partial charge on any atom is 0.173 e. The van der Waals surface area contributed by atoms with E-state index in [2.05, 4.69) is 15.9 Å². The number of hydrogen-bond donors (Lipinski definition) is 1. The Labute approximate surface area is 97.1 Å². The predicted molar refractivity (Wildman–Crippen MR) is 63.5 cm³/mol. The van der Waals surface area contributed by atoms with Crippen LogP contribution in [0.3, 0.4) is 0 Å². The highest BCUT2D eigenvalue weighted by Gasteiger charge is 2.13. The van der Waals surface area contributed by atoms with Crippen molar-refractivity contribution in [3.8, 4) is 5.75 Å². The van der Waals surface area contributed by atoms with E-state index in [0.717, 1.165) is 5.56 Å². The minimum atomic E-state index is -0.375. The van der Waals surface area contributed by atoms with Crippen molar-refractivity contribution in [2.45, 2.75) is 6.92 Å². The van der Waals surface area contributed by atoms with E-state index in [1.807, 2.05) is 6.92 Å². The van der Waals surface area contributed by atoms with Gasteiger partial charge in [0, 0.05) is 12.1 Å². The molecule has 0 spiro atoms. The van der Waals surface area contributed by atoms with Crippen LogP contribution in [0.15, 0.2) is 16.6 Å². The summed E-state index contributed by atoms with van der Waals surface area (Å²) in [7, 11) is 1.44. The summed E-state index contributed by atoms with van der Waals surface area (Å²) in [5.41, 5.74) is 6.72. The molecule has 2 N–H and O–H groups in total. The van der Waals surface area contributed by atoms with Gasteiger partial charge in [-0.2, -0.15) is 0 Å².